The van der Waals surface area contributed by atoms with Crippen LogP contribution in [0.5, 0.6) is 0 Å². The number of imidazole rings is 1. The lowest BCUT2D eigenvalue weighted by atomic mass is 10.0. The van der Waals surface area contributed by atoms with Gasteiger partial charge in [-0.3, -0.25) is 18.5 Å². The number of aliphatic hydroxyl groups excluding tert-OH is 1. The van der Waals surface area contributed by atoms with Crippen LogP contribution in [0.25, 0.3) is 22.3 Å². The third-order valence-corrected chi connectivity index (χ3v) is 5.12. The summed E-state index contributed by atoms with van der Waals surface area (Å²) in [4.78, 5) is 29.7. The van der Waals surface area contributed by atoms with Gasteiger partial charge in [0.1, 0.15) is 0 Å². The molecule has 0 aliphatic heterocycles. The first-order chi connectivity index (χ1) is 14.5. The maximum Gasteiger partial charge on any atom is 0.332 e. The van der Waals surface area contributed by atoms with E-state index in [4.69, 9.17) is 0 Å². The van der Waals surface area contributed by atoms with Gasteiger partial charge in [0.05, 0.1) is 13.2 Å². The number of fused-ring (bicyclic) bond motifs is 1. The van der Waals surface area contributed by atoms with Gasteiger partial charge in [0.25, 0.3) is 5.56 Å². The van der Waals surface area contributed by atoms with Crippen LogP contribution in [0.2, 0.25) is 0 Å². The van der Waals surface area contributed by atoms with Crippen molar-refractivity contribution in [2.45, 2.75) is 6.54 Å². The van der Waals surface area contributed by atoms with Crippen LogP contribution in [0.1, 0.15) is 5.56 Å². The molecule has 154 valence electrons. The van der Waals surface area contributed by atoms with Gasteiger partial charge in [-0.1, -0.05) is 48.5 Å². The van der Waals surface area contributed by atoms with Crippen molar-refractivity contribution in [3.05, 3.63) is 81.0 Å². The van der Waals surface area contributed by atoms with Gasteiger partial charge in [-0.05, 0) is 22.8 Å². The van der Waals surface area contributed by atoms with Gasteiger partial charge in [0, 0.05) is 20.6 Å². The fourth-order valence-electron chi connectivity index (χ4n) is 3.57. The number of rotatable bonds is 6. The average Bonchev–Trinajstić information content (AvgIpc) is 3.13. The Bertz CT molecular complexity index is 1320. The molecule has 8 nitrogen and oxygen atoms in total. The van der Waals surface area contributed by atoms with Gasteiger partial charge in [-0.15, -0.1) is 0 Å². The summed E-state index contributed by atoms with van der Waals surface area (Å²) < 4.78 is 4.20. The third-order valence-electron chi connectivity index (χ3n) is 5.12. The van der Waals surface area contributed by atoms with E-state index in [-0.39, 0.29) is 13.2 Å². The van der Waals surface area contributed by atoms with Crippen LogP contribution in [0.3, 0.4) is 0 Å². The van der Waals surface area contributed by atoms with Crippen molar-refractivity contribution in [2.24, 2.45) is 14.1 Å². The molecule has 0 atom stereocenters. The summed E-state index contributed by atoms with van der Waals surface area (Å²) in [6.45, 7) is 0.587. The first-order valence-corrected chi connectivity index (χ1v) is 9.66. The van der Waals surface area contributed by atoms with Crippen molar-refractivity contribution in [2.75, 3.05) is 18.5 Å². The molecule has 0 saturated carbocycles. The second-order valence-electron chi connectivity index (χ2n) is 7.12. The highest BCUT2D eigenvalue weighted by molar-refractivity contribution is 5.74. The van der Waals surface area contributed by atoms with Crippen molar-refractivity contribution in [3.63, 3.8) is 0 Å². The van der Waals surface area contributed by atoms with Crippen LogP contribution in [-0.4, -0.2) is 36.9 Å². The van der Waals surface area contributed by atoms with E-state index in [9.17, 15) is 14.7 Å². The Kier molecular flexibility index (Phi) is 5.24. The predicted octanol–water partition coefficient (Wildman–Crippen LogP) is 1.55. The third kappa shape index (κ3) is 3.42. The van der Waals surface area contributed by atoms with E-state index in [1.54, 1.807) is 11.6 Å². The lowest BCUT2D eigenvalue weighted by Gasteiger charge is -2.12. The van der Waals surface area contributed by atoms with E-state index in [1.165, 1.54) is 11.6 Å². The Morgan fingerprint density at radius 1 is 0.967 bits per heavy atom. The number of benzene rings is 2. The second-order valence-corrected chi connectivity index (χ2v) is 7.12. The maximum absolute atomic E-state index is 12.9. The molecular weight excluding hydrogens is 382 g/mol. The maximum atomic E-state index is 12.9. The van der Waals surface area contributed by atoms with Crippen molar-refractivity contribution in [3.8, 4) is 11.1 Å². The van der Waals surface area contributed by atoms with Crippen LogP contribution in [0.4, 0.5) is 5.95 Å². The molecule has 2 N–H and O–H groups in total. The zero-order chi connectivity index (χ0) is 21.3. The monoisotopic (exact) mass is 405 g/mol. The number of aliphatic hydroxyl groups is 1. The zero-order valence-electron chi connectivity index (χ0n) is 16.9. The molecular formula is C22H23N5O3. The molecule has 8 heteroatoms. The first kappa shape index (κ1) is 19.7. The normalized spacial score (nSPS) is 11.2. The number of hydrogen-bond acceptors (Lipinski definition) is 5. The molecule has 0 aliphatic carbocycles. The Morgan fingerprint density at radius 2 is 1.70 bits per heavy atom. The van der Waals surface area contributed by atoms with Crippen LogP contribution in [0.15, 0.2) is 64.2 Å². The van der Waals surface area contributed by atoms with Crippen molar-refractivity contribution in [1.82, 2.24) is 18.7 Å². The van der Waals surface area contributed by atoms with Gasteiger partial charge < -0.3 is 10.4 Å². The molecule has 2 heterocycles. The fraction of sp³-hybridized carbons (Fsp3) is 0.227. The molecule has 0 unspecified atom stereocenters. The topological polar surface area (TPSA) is 94.1 Å². The molecule has 4 aromatic rings. The molecule has 4 rings (SSSR count). The highest BCUT2D eigenvalue weighted by Crippen LogP contribution is 2.23. The van der Waals surface area contributed by atoms with E-state index in [2.05, 4.69) is 16.4 Å². The van der Waals surface area contributed by atoms with Crippen LogP contribution < -0.4 is 16.6 Å². The van der Waals surface area contributed by atoms with E-state index in [0.717, 1.165) is 21.3 Å². The van der Waals surface area contributed by atoms with E-state index in [1.807, 2.05) is 48.5 Å². The Morgan fingerprint density at radius 3 is 2.43 bits per heavy atom. The van der Waals surface area contributed by atoms with Crippen LogP contribution >= 0.6 is 0 Å². The SMILES string of the molecule is Cn1c(=O)c2c(nc(NCCO)n2Cc2cccc(-c3ccccc3)c2)n(C)c1=O. The average molecular weight is 405 g/mol. The molecule has 2 aromatic carbocycles. The molecule has 0 bridgehead atoms. The summed E-state index contributed by atoms with van der Waals surface area (Å²) in [6, 6.07) is 18.1. The van der Waals surface area contributed by atoms with Gasteiger partial charge in [0.2, 0.25) is 5.95 Å². The molecule has 2 aromatic heterocycles. The standard InChI is InChI=1S/C22H23N5O3/c1-25-19-18(20(29)26(2)22(25)30)27(21(24-19)23-11-12-28)14-15-7-6-10-17(13-15)16-8-4-3-5-9-16/h3-10,13,28H,11-12,14H2,1-2H3,(H,23,24). The highest BCUT2D eigenvalue weighted by Gasteiger charge is 2.19. The zero-order valence-corrected chi connectivity index (χ0v) is 16.9. The van der Waals surface area contributed by atoms with Gasteiger partial charge in [-0.25, -0.2) is 4.79 Å². The minimum absolute atomic E-state index is 0.0797. The molecule has 0 fully saturated rings. The van der Waals surface area contributed by atoms with Crippen LogP contribution in [-0.2, 0) is 20.6 Å². The molecule has 30 heavy (non-hydrogen) atoms. The molecule has 0 radical (unpaired) electrons. The largest absolute Gasteiger partial charge is 0.395 e. The molecule has 0 spiro atoms. The van der Waals surface area contributed by atoms with Gasteiger partial charge >= 0.3 is 5.69 Å². The van der Waals surface area contributed by atoms with Crippen LogP contribution in [0, 0.1) is 0 Å². The number of aromatic nitrogens is 4. The summed E-state index contributed by atoms with van der Waals surface area (Å²) in [5, 5.41) is 12.3. The summed E-state index contributed by atoms with van der Waals surface area (Å²) in [7, 11) is 3.05. The summed E-state index contributed by atoms with van der Waals surface area (Å²) >= 11 is 0. The molecule has 0 amide bonds. The molecule has 0 saturated heterocycles. The minimum atomic E-state index is -0.433. The Balaban J connectivity index is 1.86. The first-order valence-electron chi connectivity index (χ1n) is 9.66. The van der Waals surface area contributed by atoms with Crippen molar-refractivity contribution >= 4 is 17.1 Å². The highest BCUT2D eigenvalue weighted by atomic mass is 16.3. The van der Waals surface area contributed by atoms with E-state index in [0.29, 0.717) is 23.7 Å². The lowest BCUT2D eigenvalue weighted by molar-refractivity contribution is 0.310. The number of aryl methyl sites for hydroxylation is 1. The quantitative estimate of drug-likeness (QED) is 0.508. The number of hydrogen-bond donors (Lipinski definition) is 2. The fourth-order valence-corrected chi connectivity index (χ4v) is 3.57. The lowest BCUT2D eigenvalue weighted by Crippen LogP contribution is -2.37. The number of anilines is 1. The summed E-state index contributed by atoms with van der Waals surface area (Å²) in [5.41, 5.74) is 2.97. The van der Waals surface area contributed by atoms with Gasteiger partial charge in [-0.2, -0.15) is 4.98 Å². The van der Waals surface area contributed by atoms with E-state index < -0.39 is 11.2 Å². The molecule has 0 aliphatic rings. The smallest absolute Gasteiger partial charge is 0.332 e. The van der Waals surface area contributed by atoms with Crippen molar-refractivity contribution < 1.29 is 5.11 Å². The Labute approximate surface area is 172 Å². The van der Waals surface area contributed by atoms with Gasteiger partial charge in [0.15, 0.2) is 11.2 Å². The number of nitrogens with one attached hydrogen (secondary N) is 1. The van der Waals surface area contributed by atoms with E-state index >= 15 is 0 Å². The predicted molar refractivity (Wildman–Crippen MR) is 117 cm³/mol. The Hall–Kier alpha value is -3.65. The van der Waals surface area contributed by atoms with Crippen molar-refractivity contribution in [1.29, 1.82) is 0 Å². The summed E-state index contributed by atoms with van der Waals surface area (Å²) in [5.74, 6) is 0.433. The minimum Gasteiger partial charge on any atom is -0.395 e. The summed E-state index contributed by atoms with van der Waals surface area (Å²) in [6.07, 6.45) is 0. The number of nitrogens with zero attached hydrogens (tertiary/aromatic N) is 4. The second kappa shape index (κ2) is 8.00.